The number of hydrogen-bond donors (Lipinski definition) is 0. The van der Waals surface area contributed by atoms with E-state index in [2.05, 4.69) is 41.5 Å². The average molecular weight is 226 g/mol. The summed E-state index contributed by atoms with van der Waals surface area (Å²) in [6, 6.07) is 0. The van der Waals surface area contributed by atoms with E-state index in [1.807, 2.05) is 0 Å². The Labute approximate surface area is 102 Å². The Kier molecular flexibility index (Phi) is 4.45. The van der Waals surface area contributed by atoms with Crippen molar-refractivity contribution in [1.82, 2.24) is 0 Å². The SMILES string of the molecule is CC(C)(C)OCC1CCC(C(C)(C)C)CC1. The van der Waals surface area contributed by atoms with Crippen LogP contribution in [0.3, 0.4) is 0 Å². The summed E-state index contributed by atoms with van der Waals surface area (Å²) in [4.78, 5) is 0. The van der Waals surface area contributed by atoms with Gasteiger partial charge in [-0.25, -0.2) is 0 Å². The minimum Gasteiger partial charge on any atom is -0.376 e. The van der Waals surface area contributed by atoms with Gasteiger partial charge in [0.25, 0.3) is 0 Å². The van der Waals surface area contributed by atoms with Crippen molar-refractivity contribution in [3.63, 3.8) is 0 Å². The van der Waals surface area contributed by atoms with Crippen LogP contribution in [0.4, 0.5) is 0 Å². The summed E-state index contributed by atoms with van der Waals surface area (Å²) in [6.07, 6.45) is 5.50. The van der Waals surface area contributed by atoms with E-state index in [0.29, 0.717) is 5.41 Å². The van der Waals surface area contributed by atoms with Gasteiger partial charge in [0.05, 0.1) is 12.2 Å². The van der Waals surface area contributed by atoms with Crippen LogP contribution in [0.1, 0.15) is 67.2 Å². The molecule has 1 nitrogen and oxygen atoms in total. The van der Waals surface area contributed by atoms with Crippen LogP contribution in [-0.4, -0.2) is 12.2 Å². The van der Waals surface area contributed by atoms with Gasteiger partial charge >= 0.3 is 0 Å². The lowest BCUT2D eigenvalue weighted by molar-refractivity contribution is -0.0333. The topological polar surface area (TPSA) is 9.23 Å². The Morgan fingerprint density at radius 3 is 1.75 bits per heavy atom. The lowest BCUT2D eigenvalue weighted by Crippen LogP contribution is -2.29. The summed E-state index contributed by atoms with van der Waals surface area (Å²) >= 11 is 0. The first-order chi connectivity index (χ1) is 7.18. The van der Waals surface area contributed by atoms with E-state index < -0.39 is 0 Å². The van der Waals surface area contributed by atoms with Crippen molar-refractivity contribution in [3.8, 4) is 0 Å². The molecule has 1 rings (SSSR count). The largest absolute Gasteiger partial charge is 0.376 e. The molecule has 1 fully saturated rings. The minimum atomic E-state index is 0.0286. The molecule has 0 spiro atoms. The van der Waals surface area contributed by atoms with E-state index in [9.17, 15) is 0 Å². The van der Waals surface area contributed by atoms with Crippen molar-refractivity contribution in [1.29, 1.82) is 0 Å². The van der Waals surface area contributed by atoms with E-state index in [4.69, 9.17) is 4.74 Å². The second kappa shape index (κ2) is 5.08. The molecule has 0 aliphatic heterocycles. The maximum atomic E-state index is 5.89. The number of rotatable bonds is 2. The van der Waals surface area contributed by atoms with Gasteiger partial charge in [-0.3, -0.25) is 0 Å². The smallest absolute Gasteiger partial charge is 0.0598 e. The number of ether oxygens (including phenoxy) is 1. The molecule has 96 valence electrons. The molecule has 1 heteroatoms. The third kappa shape index (κ3) is 4.86. The highest BCUT2D eigenvalue weighted by molar-refractivity contribution is 4.80. The normalized spacial score (nSPS) is 28.1. The summed E-state index contributed by atoms with van der Waals surface area (Å²) in [5, 5.41) is 0. The lowest BCUT2D eigenvalue weighted by Gasteiger charge is -2.37. The van der Waals surface area contributed by atoms with Gasteiger partial charge in [0.1, 0.15) is 0 Å². The lowest BCUT2D eigenvalue weighted by atomic mass is 9.70. The molecule has 0 aromatic carbocycles. The highest BCUT2D eigenvalue weighted by Crippen LogP contribution is 2.39. The third-order valence-corrected chi connectivity index (χ3v) is 3.82. The minimum absolute atomic E-state index is 0.0286. The second-order valence-corrected chi connectivity index (χ2v) is 7.51. The molecule has 1 aliphatic rings. The van der Waals surface area contributed by atoms with Gasteiger partial charge in [-0.1, -0.05) is 20.8 Å². The monoisotopic (exact) mass is 226 g/mol. The summed E-state index contributed by atoms with van der Waals surface area (Å²) in [5.41, 5.74) is 0.525. The highest BCUT2D eigenvalue weighted by atomic mass is 16.5. The molecule has 0 saturated heterocycles. The van der Waals surface area contributed by atoms with Crippen molar-refractivity contribution in [2.45, 2.75) is 72.8 Å². The first-order valence-electron chi connectivity index (χ1n) is 6.82. The van der Waals surface area contributed by atoms with Gasteiger partial charge in [-0.2, -0.15) is 0 Å². The van der Waals surface area contributed by atoms with Crippen LogP contribution in [0.2, 0.25) is 0 Å². The Morgan fingerprint density at radius 2 is 1.38 bits per heavy atom. The third-order valence-electron chi connectivity index (χ3n) is 3.82. The summed E-state index contributed by atoms with van der Waals surface area (Å²) < 4.78 is 5.89. The van der Waals surface area contributed by atoms with Crippen LogP contribution in [-0.2, 0) is 4.74 Å². The van der Waals surface area contributed by atoms with Crippen LogP contribution in [0, 0.1) is 17.3 Å². The Balaban J connectivity index is 2.28. The van der Waals surface area contributed by atoms with Crippen molar-refractivity contribution in [2.24, 2.45) is 17.3 Å². The summed E-state index contributed by atoms with van der Waals surface area (Å²) in [7, 11) is 0. The molecular weight excluding hydrogens is 196 g/mol. The van der Waals surface area contributed by atoms with Crippen LogP contribution in [0.25, 0.3) is 0 Å². The second-order valence-electron chi connectivity index (χ2n) is 7.51. The molecule has 0 unspecified atom stereocenters. The number of hydrogen-bond acceptors (Lipinski definition) is 1. The molecule has 0 amide bonds. The molecule has 16 heavy (non-hydrogen) atoms. The molecular formula is C15H30O. The van der Waals surface area contributed by atoms with Crippen LogP contribution < -0.4 is 0 Å². The maximum Gasteiger partial charge on any atom is 0.0598 e. The Bertz CT molecular complexity index is 198. The van der Waals surface area contributed by atoms with Crippen molar-refractivity contribution < 1.29 is 4.74 Å². The van der Waals surface area contributed by atoms with E-state index in [0.717, 1.165) is 18.4 Å². The first kappa shape index (κ1) is 14.0. The van der Waals surface area contributed by atoms with E-state index in [-0.39, 0.29) is 5.60 Å². The van der Waals surface area contributed by atoms with E-state index >= 15 is 0 Å². The zero-order chi connectivity index (χ0) is 12.4. The van der Waals surface area contributed by atoms with Gasteiger partial charge in [0, 0.05) is 0 Å². The van der Waals surface area contributed by atoms with Gasteiger partial charge < -0.3 is 4.74 Å². The van der Waals surface area contributed by atoms with Crippen molar-refractivity contribution in [3.05, 3.63) is 0 Å². The predicted octanol–water partition coefficient (Wildman–Crippen LogP) is 4.65. The molecule has 0 aromatic rings. The standard InChI is InChI=1S/C15H30O/c1-14(2,3)13-9-7-12(8-10-13)11-16-15(4,5)6/h12-13H,7-11H2,1-6H3. The van der Waals surface area contributed by atoms with Gasteiger partial charge in [-0.05, 0) is 63.7 Å². The quantitative estimate of drug-likeness (QED) is 0.665. The molecule has 0 bridgehead atoms. The van der Waals surface area contributed by atoms with Crippen LogP contribution in [0.15, 0.2) is 0 Å². The van der Waals surface area contributed by atoms with Crippen LogP contribution >= 0.6 is 0 Å². The van der Waals surface area contributed by atoms with Gasteiger partial charge in [0.2, 0.25) is 0 Å². The summed E-state index contributed by atoms with van der Waals surface area (Å²) in [5.74, 6) is 1.72. The molecule has 0 N–H and O–H groups in total. The Morgan fingerprint density at radius 1 is 0.875 bits per heavy atom. The van der Waals surface area contributed by atoms with Crippen molar-refractivity contribution >= 4 is 0 Å². The molecule has 1 saturated carbocycles. The molecule has 0 heterocycles. The van der Waals surface area contributed by atoms with E-state index in [1.54, 1.807) is 0 Å². The maximum absolute atomic E-state index is 5.89. The highest BCUT2D eigenvalue weighted by Gasteiger charge is 2.30. The molecule has 1 aliphatic carbocycles. The fourth-order valence-corrected chi connectivity index (χ4v) is 2.56. The van der Waals surface area contributed by atoms with E-state index in [1.165, 1.54) is 25.7 Å². The fourth-order valence-electron chi connectivity index (χ4n) is 2.56. The van der Waals surface area contributed by atoms with Gasteiger partial charge in [0.15, 0.2) is 0 Å². The van der Waals surface area contributed by atoms with Crippen LogP contribution in [0.5, 0.6) is 0 Å². The molecule has 0 radical (unpaired) electrons. The zero-order valence-electron chi connectivity index (χ0n) is 12.1. The Hall–Kier alpha value is -0.0400. The summed E-state index contributed by atoms with van der Waals surface area (Å²) in [6.45, 7) is 14.5. The molecule has 0 aromatic heterocycles. The average Bonchev–Trinajstić information content (AvgIpc) is 2.13. The van der Waals surface area contributed by atoms with Crippen molar-refractivity contribution in [2.75, 3.05) is 6.61 Å². The first-order valence-corrected chi connectivity index (χ1v) is 6.82. The fraction of sp³-hybridized carbons (Fsp3) is 1.00. The zero-order valence-corrected chi connectivity index (χ0v) is 12.1. The molecule has 0 atom stereocenters. The van der Waals surface area contributed by atoms with Gasteiger partial charge in [-0.15, -0.1) is 0 Å². The predicted molar refractivity (Wildman–Crippen MR) is 70.6 cm³/mol.